The topological polar surface area (TPSA) is 84.9 Å². The Morgan fingerprint density at radius 1 is 1.07 bits per heavy atom. The minimum atomic E-state index is -3.90. The molecule has 2 aromatic carbocycles. The van der Waals surface area contributed by atoms with Crippen molar-refractivity contribution in [3.8, 4) is 5.75 Å². The van der Waals surface area contributed by atoms with Gasteiger partial charge in [0.2, 0.25) is 10.0 Å². The molecule has 1 N–H and O–H groups in total. The Morgan fingerprint density at radius 2 is 1.88 bits per heavy atom. The van der Waals surface area contributed by atoms with E-state index in [2.05, 4.69) is 35.6 Å². The first-order chi connectivity index (χ1) is 20.5. The van der Waals surface area contributed by atoms with Gasteiger partial charge in [-0.15, -0.1) is 0 Å². The molecule has 1 saturated carbocycles. The van der Waals surface area contributed by atoms with E-state index in [4.69, 9.17) is 21.1 Å². The summed E-state index contributed by atoms with van der Waals surface area (Å²) in [5.41, 5.74) is 3.40. The number of sulfonamides is 1. The average Bonchev–Trinajstić information content (AvgIpc) is 2.96. The first-order valence-electron chi connectivity index (χ1n) is 15.7. The summed E-state index contributed by atoms with van der Waals surface area (Å²) >= 11 is 6.33. The molecule has 0 spiro atoms. The molecule has 0 unspecified atom stereocenters. The van der Waals surface area contributed by atoms with E-state index in [0.717, 1.165) is 61.5 Å². The van der Waals surface area contributed by atoms with E-state index in [-0.39, 0.29) is 18.1 Å². The molecule has 0 saturated heterocycles. The molecular formula is C34H45ClN2O5S. The summed E-state index contributed by atoms with van der Waals surface area (Å²) in [5, 5.41) is -0.0270. The summed E-state index contributed by atoms with van der Waals surface area (Å²) in [4.78, 5) is 15.7. The second-order valence-electron chi connectivity index (χ2n) is 12.8. The highest BCUT2D eigenvalue weighted by Gasteiger charge is 2.39. The Hall–Kier alpha value is -2.55. The highest BCUT2D eigenvalue weighted by molar-refractivity contribution is 7.90. The molecule has 2 aliphatic heterocycles. The van der Waals surface area contributed by atoms with Crippen molar-refractivity contribution in [1.82, 2.24) is 4.72 Å². The summed E-state index contributed by atoms with van der Waals surface area (Å²) in [6, 6.07) is 11.2. The maximum absolute atomic E-state index is 13.4. The number of carbonyl (C=O) groups excluding carboxylic acids is 1. The van der Waals surface area contributed by atoms with E-state index in [1.165, 1.54) is 5.56 Å². The van der Waals surface area contributed by atoms with Gasteiger partial charge in [0.1, 0.15) is 12.4 Å². The third-order valence-electron chi connectivity index (χ3n) is 9.38. The zero-order valence-electron chi connectivity index (χ0n) is 25.7. The summed E-state index contributed by atoms with van der Waals surface area (Å²) in [6.07, 6.45) is 9.89. The lowest BCUT2D eigenvalue weighted by Crippen LogP contribution is -2.45. The fraction of sp³-hybridized carbons (Fsp3) is 0.559. The molecule has 7 nitrogen and oxygen atoms in total. The number of carbonyl (C=O) groups is 1. The number of ether oxygens (including phenoxy) is 2. The Kier molecular flexibility index (Phi) is 10.1. The second-order valence-corrected chi connectivity index (χ2v) is 15.2. The second kappa shape index (κ2) is 13.6. The molecule has 2 heterocycles. The van der Waals surface area contributed by atoms with Crippen LogP contribution in [0.5, 0.6) is 5.75 Å². The number of hydrogen-bond donors (Lipinski definition) is 1. The number of rotatable bonds is 2. The number of allylic oxidation sites excluding steroid dienone is 1. The molecular weight excluding hydrogens is 584 g/mol. The monoisotopic (exact) mass is 628 g/mol. The third kappa shape index (κ3) is 7.58. The SMILES string of the molecule is CC(C)O[C@H]1/C=C/C[C@H](C)[C@@H](C)S(=O)(=O)NC(=O)c2ccc3c(c2)N(CCCCc2cc(Cl)ccc2CO3)C[C@@H]2CC[C@H]21. The van der Waals surface area contributed by atoms with Crippen LogP contribution in [-0.2, 0) is 27.8 Å². The maximum atomic E-state index is 13.4. The van der Waals surface area contributed by atoms with Gasteiger partial charge >= 0.3 is 0 Å². The number of aryl methyl sites for hydroxylation is 1. The molecule has 2 bridgehead atoms. The molecule has 2 aromatic rings. The summed E-state index contributed by atoms with van der Waals surface area (Å²) in [5.74, 6) is 0.662. The predicted octanol–water partition coefficient (Wildman–Crippen LogP) is 6.93. The van der Waals surface area contributed by atoms with E-state index in [1.54, 1.807) is 25.1 Å². The van der Waals surface area contributed by atoms with Crippen molar-refractivity contribution in [2.24, 2.45) is 17.8 Å². The van der Waals surface area contributed by atoms with Crippen molar-refractivity contribution in [3.05, 3.63) is 70.3 Å². The molecule has 9 heteroatoms. The van der Waals surface area contributed by atoms with Crippen LogP contribution in [0.2, 0.25) is 5.02 Å². The van der Waals surface area contributed by atoms with Crippen LogP contribution in [0.1, 0.15) is 81.3 Å². The van der Waals surface area contributed by atoms with E-state index >= 15 is 0 Å². The Morgan fingerprint density at radius 3 is 2.63 bits per heavy atom. The Bertz CT molecular complexity index is 1440. The zero-order valence-corrected chi connectivity index (χ0v) is 27.3. The highest BCUT2D eigenvalue weighted by Crippen LogP contribution is 2.42. The molecule has 234 valence electrons. The van der Waals surface area contributed by atoms with Crippen molar-refractivity contribution < 1.29 is 22.7 Å². The lowest BCUT2D eigenvalue weighted by Gasteiger charge is -2.44. The van der Waals surface area contributed by atoms with Gasteiger partial charge < -0.3 is 14.4 Å². The predicted molar refractivity (Wildman–Crippen MR) is 172 cm³/mol. The number of halogens is 1. The number of amides is 1. The molecule has 5 atom stereocenters. The molecule has 0 radical (unpaired) electrons. The number of benzene rings is 2. The van der Waals surface area contributed by atoms with Gasteiger partial charge in [-0.1, -0.05) is 36.7 Å². The smallest absolute Gasteiger partial charge is 0.264 e. The van der Waals surface area contributed by atoms with Crippen LogP contribution in [0.15, 0.2) is 48.6 Å². The molecule has 0 aromatic heterocycles. The molecule has 1 amide bonds. The number of nitrogens with zero attached hydrogens (tertiary/aromatic N) is 1. The minimum absolute atomic E-state index is 0.0318. The summed E-state index contributed by atoms with van der Waals surface area (Å²) in [6.45, 7) is 9.68. The Balaban J connectivity index is 1.55. The van der Waals surface area contributed by atoms with Gasteiger partial charge in [0.25, 0.3) is 5.91 Å². The van der Waals surface area contributed by atoms with Crippen LogP contribution in [0.25, 0.3) is 0 Å². The third-order valence-corrected chi connectivity index (χ3v) is 11.5. The van der Waals surface area contributed by atoms with Gasteiger partial charge in [-0.05, 0) is 119 Å². The van der Waals surface area contributed by atoms with Gasteiger partial charge in [0, 0.05) is 23.7 Å². The number of nitrogens with one attached hydrogen (secondary N) is 1. The lowest BCUT2D eigenvalue weighted by atomic mass is 9.70. The Labute approximate surface area is 262 Å². The van der Waals surface area contributed by atoms with Crippen LogP contribution < -0.4 is 14.4 Å². The van der Waals surface area contributed by atoms with Crippen molar-refractivity contribution in [2.75, 3.05) is 18.0 Å². The number of anilines is 1. The minimum Gasteiger partial charge on any atom is -0.487 e. The van der Waals surface area contributed by atoms with Gasteiger partial charge in [-0.3, -0.25) is 4.79 Å². The van der Waals surface area contributed by atoms with Gasteiger partial charge in [0.05, 0.1) is 23.1 Å². The van der Waals surface area contributed by atoms with Crippen molar-refractivity contribution in [3.63, 3.8) is 0 Å². The first-order valence-corrected chi connectivity index (χ1v) is 17.6. The van der Waals surface area contributed by atoms with Gasteiger partial charge in [-0.2, -0.15) is 0 Å². The summed E-state index contributed by atoms with van der Waals surface area (Å²) < 4.78 is 41.7. The van der Waals surface area contributed by atoms with E-state index in [1.807, 2.05) is 25.1 Å². The van der Waals surface area contributed by atoms with Gasteiger partial charge in [-0.25, -0.2) is 13.1 Å². The normalized spacial score (nSPS) is 28.7. The zero-order chi connectivity index (χ0) is 30.7. The van der Waals surface area contributed by atoms with Crippen molar-refractivity contribution in [1.29, 1.82) is 0 Å². The van der Waals surface area contributed by atoms with E-state index in [9.17, 15) is 13.2 Å². The molecule has 1 fully saturated rings. The molecule has 5 rings (SSSR count). The fourth-order valence-electron chi connectivity index (χ4n) is 6.43. The highest BCUT2D eigenvalue weighted by atomic mass is 35.5. The quantitative estimate of drug-likeness (QED) is 0.363. The number of hydrogen-bond acceptors (Lipinski definition) is 6. The molecule has 1 aliphatic carbocycles. The largest absolute Gasteiger partial charge is 0.487 e. The standard InChI is InChI=1S/C34H45ClN2O5S/c1-22(2)42-32-10-7-8-23(3)24(4)43(39,40)36-34(38)26-13-16-33-31(19-26)37(20-27-12-15-30(27)32)17-6-5-9-25-18-29(35)14-11-28(25)21-41-33/h7,10-11,13-14,16,18-19,22-24,27,30,32H,5-6,8-9,12,15,17,20-21H2,1-4H3,(H,36,38)/b10-7+/t23-,24+,27-,30+,32-/m0/s1. The van der Waals surface area contributed by atoms with E-state index < -0.39 is 21.2 Å². The summed E-state index contributed by atoms with van der Waals surface area (Å²) in [7, 11) is -3.90. The molecule has 3 aliphatic rings. The van der Waals surface area contributed by atoms with Crippen molar-refractivity contribution in [2.45, 2.75) is 90.3 Å². The van der Waals surface area contributed by atoms with Crippen molar-refractivity contribution >= 4 is 33.2 Å². The average molecular weight is 629 g/mol. The fourth-order valence-corrected chi connectivity index (χ4v) is 7.91. The van der Waals surface area contributed by atoms with Gasteiger partial charge in [0.15, 0.2) is 0 Å². The lowest BCUT2D eigenvalue weighted by molar-refractivity contribution is -0.0429. The maximum Gasteiger partial charge on any atom is 0.264 e. The van der Waals surface area contributed by atoms with Crippen LogP contribution in [-0.4, -0.2) is 44.9 Å². The first kappa shape index (κ1) is 31.9. The number of fused-ring (bicyclic) bond motifs is 3. The van der Waals surface area contributed by atoms with Crippen LogP contribution in [0, 0.1) is 17.8 Å². The molecule has 43 heavy (non-hydrogen) atoms. The van der Waals surface area contributed by atoms with Crippen LogP contribution in [0.4, 0.5) is 5.69 Å². The van der Waals surface area contributed by atoms with Crippen LogP contribution in [0.3, 0.4) is 0 Å². The van der Waals surface area contributed by atoms with Crippen LogP contribution >= 0.6 is 11.6 Å². The van der Waals surface area contributed by atoms with E-state index in [0.29, 0.717) is 36.2 Å².